The van der Waals surface area contributed by atoms with Gasteiger partial charge in [-0.05, 0) is 43.9 Å². The van der Waals surface area contributed by atoms with Gasteiger partial charge < -0.3 is 14.4 Å². The summed E-state index contributed by atoms with van der Waals surface area (Å²) < 4.78 is 24.4. The Balaban J connectivity index is 1.70. The Hall–Kier alpha value is -2.37. The number of benzene rings is 1. The summed E-state index contributed by atoms with van der Waals surface area (Å²) in [6.45, 7) is 4.13. The van der Waals surface area contributed by atoms with Crippen LogP contribution in [0.3, 0.4) is 0 Å². The highest BCUT2D eigenvalue weighted by molar-refractivity contribution is 5.35. The molecule has 2 heterocycles. The van der Waals surface area contributed by atoms with Crippen LogP contribution in [0.1, 0.15) is 30.5 Å². The van der Waals surface area contributed by atoms with Gasteiger partial charge in [-0.3, -0.25) is 0 Å². The maximum atomic E-state index is 13.7. The average molecular weight is 331 g/mol. The summed E-state index contributed by atoms with van der Waals surface area (Å²) >= 11 is 0. The van der Waals surface area contributed by atoms with Crippen molar-refractivity contribution in [2.45, 2.75) is 32.8 Å². The number of aryl methyl sites for hydroxylation is 1. The molecule has 1 aromatic carbocycles. The molecular formula is C18H22FN3O2. The van der Waals surface area contributed by atoms with Crippen LogP contribution < -0.4 is 14.4 Å². The second-order valence-electron chi connectivity index (χ2n) is 5.95. The molecule has 1 aliphatic heterocycles. The van der Waals surface area contributed by atoms with Crippen LogP contribution in [0, 0.1) is 12.7 Å². The largest absolute Gasteiger partial charge is 0.494 e. The fourth-order valence-corrected chi connectivity index (χ4v) is 2.79. The van der Waals surface area contributed by atoms with Crippen LogP contribution in [0.25, 0.3) is 0 Å². The Kier molecular flexibility index (Phi) is 5.13. The second-order valence-corrected chi connectivity index (χ2v) is 5.95. The molecule has 0 atom stereocenters. The second kappa shape index (κ2) is 7.47. The minimum Gasteiger partial charge on any atom is -0.494 e. The lowest BCUT2D eigenvalue weighted by atomic mass is 10.1. The van der Waals surface area contributed by atoms with E-state index in [1.54, 1.807) is 18.2 Å². The predicted molar refractivity (Wildman–Crippen MR) is 90.1 cm³/mol. The molecule has 0 bridgehead atoms. The van der Waals surface area contributed by atoms with Crippen molar-refractivity contribution in [2.24, 2.45) is 0 Å². The zero-order chi connectivity index (χ0) is 16.9. The van der Waals surface area contributed by atoms with Gasteiger partial charge in [-0.2, -0.15) is 4.98 Å². The first-order valence-corrected chi connectivity index (χ1v) is 8.21. The van der Waals surface area contributed by atoms with Gasteiger partial charge in [0.25, 0.3) is 0 Å². The van der Waals surface area contributed by atoms with Gasteiger partial charge in [0.2, 0.25) is 11.8 Å². The van der Waals surface area contributed by atoms with Crippen LogP contribution in [-0.4, -0.2) is 30.2 Å². The van der Waals surface area contributed by atoms with Crippen molar-refractivity contribution in [2.75, 3.05) is 25.1 Å². The maximum absolute atomic E-state index is 13.7. The zero-order valence-corrected chi connectivity index (χ0v) is 14.1. The predicted octanol–water partition coefficient (Wildman–Crippen LogP) is 3.50. The van der Waals surface area contributed by atoms with Gasteiger partial charge in [-0.15, -0.1) is 0 Å². The van der Waals surface area contributed by atoms with Gasteiger partial charge in [0.15, 0.2) is 11.6 Å². The van der Waals surface area contributed by atoms with Gasteiger partial charge in [0.1, 0.15) is 6.61 Å². The fraction of sp³-hybridized carbons (Fsp3) is 0.444. The van der Waals surface area contributed by atoms with Gasteiger partial charge in [0, 0.05) is 24.8 Å². The number of aromatic nitrogens is 2. The van der Waals surface area contributed by atoms with E-state index in [0.717, 1.165) is 24.3 Å². The Bertz CT molecular complexity index is 703. The Morgan fingerprint density at radius 3 is 2.62 bits per heavy atom. The maximum Gasteiger partial charge on any atom is 0.228 e. The average Bonchev–Trinajstić information content (AvgIpc) is 2.60. The standard InChI is InChI=1S/C18H22FN3O2/c1-13-10-17(21-18(20-13)22-8-4-3-5-9-22)24-12-14-6-7-16(23-2)15(19)11-14/h6-7,10-11H,3-5,8-9,12H2,1-2H3. The number of ether oxygens (including phenoxy) is 2. The molecule has 128 valence electrons. The molecule has 0 unspecified atom stereocenters. The number of halogens is 1. The highest BCUT2D eigenvalue weighted by Gasteiger charge is 2.15. The molecule has 0 aliphatic carbocycles. The van der Waals surface area contributed by atoms with E-state index in [1.165, 1.54) is 32.4 Å². The molecule has 6 heteroatoms. The molecule has 5 nitrogen and oxygen atoms in total. The summed E-state index contributed by atoms with van der Waals surface area (Å²) in [5.41, 5.74) is 1.59. The smallest absolute Gasteiger partial charge is 0.228 e. The monoisotopic (exact) mass is 331 g/mol. The van der Waals surface area contributed by atoms with Crippen LogP contribution in [0.4, 0.5) is 10.3 Å². The molecule has 2 aromatic rings. The third-order valence-electron chi connectivity index (χ3n) is 4.06. The van der Waals surface area contributed by atoms with Crippen LogP contribution in [-0.2, 0) is 6.61 Å². The molecule has 1 fully saturated rings. The lowest BCUT2D eigenvalue weighted by molar-refractivity contribution is 0.291. The normalized spacial score (nSPS) is 14.5. The number of rotatable bonds is 5. The van der Waals surface area contributed by atoms with E-state index in [2.05, 4.69) is 14.9 Å². The first-order chi connectivity index (χ1) is 11.7. The van der Waals surface area contributed by atoms with Crippen LogP contribution in [0.15, 0.2) is 24.3 Å². The number of hydrogen-bond acceptors (Lipinski definition) is 5. The molecule has 0 N–H and O–H groups in total. The van der Waals surface area contributed by atoms with Crippen LogP contribution in [0.2, 0.25) is 0 Å². The van der Waals surface area contributed by atoms with Crippen molar-refractivity contribution in [3.63, 3.8) is 0 Å². The Morgan fingerprint density at radius 1 is 1.12 bits per heavy atom. The molecule has 1 saturated heterocycles. The van der Waals surface area contributed by atoms with Crippen molar-refractivity contribution in [3.8, 4) is 11.6 Å². The SMILES string of the molecule is COc1ccc(COc2cc(C)nc(N3CCCCC3)n2)cc1F. The topological polar surface area (TPSA) is 47.5 Å². The van der Waals surface area contributed by atoms with Crippen LogP contribution in [0.5, 0.6) is 11.6 Å². The van der Waals surface area contributed by atoms with Gasteiger partial charge in [-0.25, -0.2) is 9.37 Å². The highest BCUT2D eigenvalue weighted by Crippen LogP contribution is 2.21. The summed E-state index contributed by atoms with van der Waals surface area (Å²) in [4.78, 5) is 11.2. The highest BCUT2D eigenvalue weighted by atomic mass is 19.1. The summed E-state index contributed by atoms with van der Waals surface area (Å²) in [5, 5.41) is 0. The first kappa shape index (κ1) is 16.5. The van der Waals surface area contributed by atoms with E-state index in [0.29, 0.717) is 11.8 Å². The van der Waals surface area contributed by atoms with Crippen molar-refractivity contribution in [1.82, 2.24) is 9.97 Å². The molecule has 1 aromatic heterocycles. The zero-order valence-electron chi connectivity index (χ0n) is 14.1. The van der Waals surface area contributed by atoms with Gasteiger partial charge in [0.05, 0.1) is 7.11 Å². The summed E-state index contributed by atoms with van der Waals surface area (Å²) in [7, 11) is 1.44. The number of nitrogens with zero attached hydrogens (tertiary/aromatic N) is 3. The molecule has 3 rings (SSSR count). The van der Waals surface area contributed by atoms with Gasteiger partial charge in [-0.1, -0.05) is 6.07 Å². The lowest BCUT2D eigenvalue weighted by Crippen LogP contribution is -2.31. The minimum absolute atomic E-state index is 0.226. The quantitative estimate of drug-likeness (QED) is 0.839. The van der Waals surface area contributed by atoms with E-state index < -0.39 is 5.82 Å². The fourth-order valence-electron chi connectivity index (χ4n) is 2.79. The number of methoxy groups -OCH3 is 1. The molecule has 0 saturated carbocycles. The molecular weight excluding hydrogens is 309 g/mol. The summed E-state index contributed by atoms with van der Waals surface area (Å²) in [5.74, 6) is 1.06. The van der Waals surface area contributed by atoms with E-state index in [4.69, 9.17) is 9.47 Å². The third-order valence-corrected chi connectivity index (χ3v) is 4.06. The molecule has 24 heavy (non-hydrogen) atoms. The summed E-state index contributed by atoms with van der Waals surface area (Å²) in [6, 6.07) is 6.59. The Labute approximate surface area is 141 Å². The van der Waals surface area contributed by atoms with Crippen molar-refractivity contribution in [1.29, 1.82) is 0 Å². The summed E-state index contributed by atoms with van der Waals surface area (Å²) in [6.07, 6.45) is 3.59. The number of piperidine rings is 1. The minimum atomic E-state index is -0.397. The third kappa shape index (κ3) is 3.93. The molecule has 0 amide bonds. The van der Waals surface area contributed by atoms with E-state index in [-0.39, 0.29) is 12.4 Å². The Morgan fingerprint density at radius 2 is 1.92 bits per heavy atom. The number of anilines is 1. The molecule has 1 aliphatic rings. The number of hydrogen-bond donors (Lipinski definition) is 0. The van der Waals surface area contributed by atoms with Crippen molar-refractivity contribution < 1.29 is 13.9 Å². The van der Waals surface area contributed by atoms with Crippen LogP contribution >= 0.6 is 0 Å². The lowest BCUT2D eigenvalue weighted by Gasteiger charge is -2.27. The van der Waals surface area contributed by atoms with Gasteiger partial charge >= 0.3 is 0 Å². The van der Waals surface area contributed by atoms with E-state index in [1.807, 2.05) is 6.92 Å². The first-order valence-electron chi connectivity index (χ1n) is 8.21. The van der Waals surface area contributed by atoms with Crippen molar-refractivity contribution >= 4 is 5.95 Å². The molecule has 0 spiro atoms. The molecule has 0 radical (unpaired) electrons. The van der Waals surface area contributed by atoms with E-state index in [9.17, 15) is 4.39 Å². The van der Waals surface area contributed by atoms with E-state index >= 15 is 0 Å². The van der Waals surface area contributed by atoms with Crippen molar-refractivity contribution in [3.05, 3.63) is 41.3 Å².